The summed E-state index contributed by atoms with van der Waals surface area (Å²) < 4.78 is 12.1. The minimum Gasteiger partial charge on any atom is -0.480 e. The number of hydrazine groups is 1. The van der Waals surface area contributed by atoms with E-state index in [2.05, 4.69) is 12.3 Å². The smallest absolute Gasteiger partial charge is 0.457 e. The first-order chi connectivity index (χ1) is 14.0. The quantitative estimate of drug-likeness (QED) is 0.382. The first-order valence-electron chi connectivity index (χ1n) is 11.7. The van der Waals surface area contributed by atoms with Gasteiger partial charge in [0.15, 0.2) is 0 Å². The lowest BCUT2D eigenvalue weighted by atomic mass is 9.79. The number of rotatable bonds is 11. The van der Waals surface area contributed by atoms with E-state index in [1.165, 1.54) is 0 Å². The summed E-state index contributed by atoms with van der Waals surface area (Å²) in [7, 11) is -0.253. The number of hydrogen-bond acceptors (Lipinski definition) is 5. The third kappa shape index (κ3) is 5.98. The first kappa shape index (κ1) is 25.1. The molecule has 2 aliphatic rings. The van der Waals surface area contributed by atoms with Crippen LogP contribution in [-0.4, -0.2) is 52.4 Å². The van der Waals surface area contributed by atoms with Crippen LogP contribution in [-0.2, 0) is 18.9 Å². The zero-order valence-corrected chi connectivity index (χ0v) is 19.6. The molecule has 0 aromatic heterocycles. The number of carbonyl (C=O) groups is 2. The van der Waals surface area contributed by atoms with Gasteiger partial charge in [-0.3, -0.25) is 15.0 Å². The Morgan fingerprint density at radius 1 is 1.03 bits per heavy atom. The summed E-state index contributed by atoms with van der Waals surface area (Å²) >= 11 is 0. The van der Waals surface area contributed by atoms with Crippen LogP contribution < -0.4 is 5.43 Å². The van der Waals surface area contributed by atoms with Crippen molar-refractivity contribution >= 4 is 19.0 Å². The molecule has 2 heterocycles. The summed E-state index contributed by atoms with van der Waals surface area (Å²) in [5, 5.41) is 11.8. The van der Waals surface area contributed by atoms with Crippen LogP contribution in [0.15, 0.2) is 0 Å². The van der Waals surface area contributed by atoms with Gasteiger partial charge in [0.2, 0.25) is 5.91 Å². The minimum atomic E-state index is -1.02. The van der Waals surface area contributed by atoms with Gasteiger partial charge in [0.1, 0.15) is 5.54 Å². The predicted octanol–water partition coefficient (Wildman–Crippen LogP) is 4.17. The summed E-state index contributed by atoms with van der Waals surface area (Å²) in [5.41, 5.74) is 1.21. The Kier molecular flexibility index (Phi) is 8.77. The van der Waals surface area contributed by atoms with Crippen molar-refractivity contribution in [2.24, 2.45) is 0 Å². The third-order valence-corrected chi connectivity index (χ3v) is 6.99. The molecule has 1 amide bonds. The fourth-order valence-electron chi connectivity index (χ4n) is 4.34. The molecule has 0 aliphatic carbocycles. The normalized spacial score (nSPS) is 26.0. The second-order valence-electron chi connectivity index (χ2n) is 9.87. The maximum atomic E-state index is 12.3. The molecular formula is C22H41BN2O5. The summed E-state index contributed by atoms with van der Waals surface area (Å²) in [5.74, 6) is -0.917. The number of nitrogens with zero attached hydrogens (tertiary/aromatic N) is 1. The van der Waals surface area contributed by atoms with Crippen LogP contribution in [0.2, 0.25) is 6.32 Å². The van der Waals surface area contributed by atoms with Crippen LogP contribution in [0, 0.1) is 0 Å². The fraction of sp³-hybridized carbons (Fsp3) is 0.909. The number of aliphatic carboxylic acids is 1. The van der Waals surface area contributed by atoms with E-state index < -0.39 is 11.5 Å². The SMILES string of the molecule is CCCCCC(=O)NN1CCCCC1(CCCCB1OC(C)(C)C(C)(C)O1)C(=O)O. The van der Waals surface area contributed by atoms with Gasteiger partial charge in [0, 0.05) is 13.0 Å². The molecule has 2 rings (SSSR count). The summed E-state index contributed by atoms with van der Waals surface area (Å²) in [6.45, 7) is 10.8. The van der Waals surface area contributed by atoms with Gasteiger partial charge in [-0.1, -0.05) is 32.6 Å². The Bertz CT molecular complexity index is 582. The average molecular weight is 424 g/mol. The van der Waals surface area contributed by atoms with Crippen molar-refractivity contribution in [2.45, 2.75) is 122 Å². The van der Waals surface area contributed by atoms with Crippen LogP contribution >= 0.6 is 0 Å². The molecule has 2 saturated heterocycles. The molecule has 2 fully saturated rings. The van der Waals surface area contributed by atoms with E-state index in [-0.39, 0.29) is 24.2 Å². The van der Waals surface area contributed by atoms with Gasteiger partial charge < -0.3 is 14.4 Å². The average Bonchev–Trinajstić information content (AvgIpc) is 2.86. The molecule has 1 atom stereocenters. The molecule has 2 aliphatic heterocycles. The summed E-state index contributed by atoms with van der Waals surface area (Å²) in [6.07, 6.45) is 8.51. The fourth-order valence-corrected chi connectivity index (χ4v) is 4.34. The molecule has 0 radical (unpaired) electrons. The van der Waals surface area contributed by atoms with Crippen molar-refractivity contribution in [1.29, 1.82) is 0 Å². The largest absolute Gasteiger partial charge is 0.480 e. The maximum absolute atomic E-state index is 12.3. The van der Waals surface area contributed by atoms with Gasteiger partial charge in [-0.05, 0) is 66.1 Å². The van der Waals surface area contributed by atoms with E-state index in [4.69, 9.17) is 9.31 Å². The highest BCUT2D eigenvalue weighted by atomic mass is 16.7. The summed E-state index contributed by atoms with van der Waals surface area (Å²) in [4.78, 5) is 24.7. The van der Waals surface area contributed by atoms with Gasteiger partial charge in [0.25, 0.3) is 0 Å². The Hall–Kier alpha value is -1.12. The molecule has 7 nitrogen and oxygen atoms in total. The van der Waals surface area contributed by atoms with Crippen LogP contribution in [0.5, 0.6) is 0 Å². The molecule has 0 spiro atoms. The standard InChI is InChI=1S/C22H41BN2O5/c1-6-7-8-13-18(26)24-25-17-12-10-15-22(25,19(27)28)14-9-11-16-23-29-20(2,3)21(4,5)30-23/h6-17H2,1-5H3,(H,24,26)(H,27,28). The van der Waals surface area contributed by atoms with E-state index in [0.717, 1.165) is 51.3 Å². The number of carbonyl (C=O) groups excluding carboxylic acids is 1. The maximum Gasteiger partial charge on any atom is 0.457 e. The van der Waals surface area contributed by atoms with Gasteiger partial charge in [-0.15, -0.1) is 0 Å². The number of carboxylic acids is 1. The predicted molar refractivity (Wildman–Crippen MR) is 118 cm³/mol. The highest BCUT2D eigenvalue weighted by molar-refractivity contribution is 6.45. The first-order valence-corrected chi connectivity index (χ1v) is 11.7. The van der Waals surface area contributed by atoms with E-state index >= 15 is 0 Å². The molecule has 0 saturated carbocycles. The zero-order chi connectivity index (χ0) is 22.4. The highest BCUT2D eigenvalue weighted by Crippen LogP contribution is 2.38. The molecule has 172 valence electrons. The lowest BCUT2D eigenvalue weighted by Gasteiger charge is -2.44. The van der Waals surface area contributed by atoms with Crippen LogP contribution in [0.4, 0.5) is 0 Å². The van der Waals surface area contributed by atoms with E-state index in [1.807, 2.05) is 27.7 Å². The van der Waals surface area contributed by atoms with Crippen LogP contribution in [0.3, 0.4) is 0 Å². The van der Waals surface area contributed by atoms with Crippen LogP contribution in [0.1, 0.15) is 98.8 Å². The second-order valence-corrected chi connectivity index (χ2v) is 9.87. The highest BCUT2D eigenvalue weighted by Gasteiger charge is 2.51. The van der Waals surface area contributed by atoms with Crippen molar-refractivity contribution in [3.63, 3.8) is 0 Å². The lowest BCUT2D eigenvalue weighted by molar-refractivity contribution is -0.160. The monoisotopic (exact) mass is 424 g/mol. The number of piperidine rings is 1. The van der Waals surface area contributed by atoms with Gasteiger partial charge >= 0.3 is 13.1 Å². The van der Waals surface area contributed by atoms with Crippen LogP contribution in [0.25, 0.3) is 0 Å². The molecule has 2 N–H and O–H groups in total. The van der Waals surface area contributed by atoms with Crippen molar-refractivity contribution in [1.82, 2.24) is 10.4 Å². The lowest BCUT2D eigenvalue weighted by Crippen LogP contribution is -2.63. The zero-order valence-electron chi connectivity index (χ0n) is 19.6. The molecule has 1 unspecified atom stereocenters. The van der Waals surface area contributed by atoms with Gasteiger partial charge in [0.05, 0.1) is 11.2 Å². The van der Waals surface area contributed by atoms with Crippen molar-refractivity contribution in [3.8, 4) is 0 Å². The molecule has 8 heteroatoms. The number of carboxylic acid groups (broad SMARTS) is 1. The molecule has 30 heavy (non-hydrogen) atoms. The van der Waals surface area contributed by atoms with Gasteiger partial charge in [-0.25, -0.2) is 5.01 Å². The molecule has 0 bridgehead atoms. The van der Waals surface area contributed by atoms with E-state index in [0.29, 0.717) is 25.8 Å². The molecule has 0 aromatic carbocycles. The Balaban J connectivity index is 1.90. The molecular weight excluding hydrogens is 383 g/mol. The minimum absolute atomic E-state index is 0.0757. The van der Waals surface area contributed by atoms with Gasteiger partial charge in [-0.2, -0.15) is 0 Å². The van der Waals surface area contributed by atoms with Crippen molar-refractivity contribution in [3.05, 3.63) is 0 Å². The molecule has 0 aromatic rings. The topological polar surface area (TPSA) is 88.1 Å². The van der Waals surface area contributed by atoms with E-state index in [1.54, 1.807) is 5.01 Å². The van der Waals surface area contributed by atoms with Crippen molar-refractivity contribution < 1.29 is 24.0 Å². The second kappa shape index (κ2) is 10.5. The van der Waals surface area contributed by atoms with Crippen molar-refractivity contribution in [2.75, 3.05) is 6.54 Å². The number of unbranched alkanes of at least 4 members (excludes halogenated alkanes) is 3. The number of nitrogens with one attached hydrogen (secondary N) is 1. The Labute approximate surface area is 182 Å². The van der Waals surface area contributed by atoms with E-state index in [9.17, 15) is 14.7 Å². The third-order valence-electron chi connectivity index (χ3n) is 6.99. The Morgan fingerprint density at radius 2 is 1.70 bits per heavy atom. The Morgan fingerprint density at radius 3 is 2.30 bits per heavy atom. The number of amides is 1. The number of hydrogen-bond donors (Lipinski definition) is 2. The summed E-state index contributed by atoms with van der Waals surface area (Å²) in [6, 6.07) is 0.